The lowest BCUT2D eigenvalue weighted by Crippen LogP contribution is -2.40. The number of nitrogens with two attached hydrogens (primary N) is 1. The van der Waals surface area contributed by atoms with E-state index in [2.05, 4.69) is 19.2 Å². The molecule has 3 heteroatoms. The first-order valence-corrected chi connectivity index (χ1v) is 4.61. The molecule has 0 unspecified atom stereocenters. The van der Waals surface area contributed by atoms with Crippen LogP contribution in [0.4, 0.5) is 0 Å². The average molecular weight is 172 g/mol. The highest BCUT2D eigenvalue weighted by atomic mass is 16.2. The zero-order chi connectivity index (χ0) is 9.56. The molecule has 0 heterocycles. The van der Waals surface area contributed by atoms with Gasteiger partial charge < -0.3 is 11.1 Å². The second kappa shape index (κ2) is 6.00. The molecular formula is C9H20N2O. The number of amides is 1. The first-order chi connectivity index (χ1) is 5.57. The Morgan fingerprint density at radius 1 is 1.50 bits per heavy atom. The molecule has 0 radical (unpaired) electrons. The van der Waals surface area contributed by atoms with E-state index in [1.165, 1.54) is 0 Å². The van der Waals surface area contributed by atoms with Crippen molar-refractivity contribution < 1.29 is 4.79 Å². The van der Waals surface area contributed by atoms with Crippen LogP contribution in [0.3, 0.4) is 0 Å². The van der Waals surface area contributed by atoms with Gasteiger partial charge in [-0.15, -0.1) is 0 Å². The highest BCUT2D eigenvalue weighted by molar-refractivity contribution is 5.81. The van der Waals surface area contributed by atoms with Gasteiger partial charge in [-0.2, -0.15) is 0 Å². The normalized spacial score (nSPS) is 13.1. The Kier molecular flexibility index (Phi) is 5.72. The van der Waals surface area contributed by atoms with Crippen molar-refractivity contribution in [3.63, 3.8) is 0 Å². The average Bonchev–Trinajstić information content (AvgIpc) is 2.02. The fraction of sp³-hybridized carbons (Fsp3) is 0.889. The van der Waals surface area contributed by atoms with Gasteiger partial charge in [0.15, 0.2) is 0 Å². The SMILES string of the molecule is CC[C@@H](N)C(=O)NCCC(C)C. The van der Waals surface area contributed by atoms with E-state index in [-0.39, 0.29) is 11.9 Å². The molecule has 0 saturated heterocycles. The van der Waals surface area contributed by atoms with Crippen LogP contribution in [0, 0.1) is 5.92 Å². The third-order valence-electron chi connectivity index (χ3n) is 1.80. The molecule has 12 heavy (non-hydrogen) atoms. The van der Waals surface area contributed by atoms with Gasteiger partial charge in [0.25, 0.3) is 0 Å². The molecule has 0 aliphatic carbocycles. The number of hydrogen-bond donors (Lipinski definition) is 2. The van der Waals surface area contributed by atoms with Crippen LogP contribution in [0.1, 0.15) is 33.6 Å². The van der Waals surface area contributed by atoms with Gasteiger partial charge >= 0.3 is 0 Å². The second-order valence-corrected chi connectivity index (χ2v) is 3.49. The molecule has 0 spiro atoms. The van der Waals surface area contributed by atoms with Gasteiger partial charge in [0.05, 0.1) is 6.04 Å². The summed E-state index contributed by atoms with van der Waals surface area (Å²) < 4.78 is 0. The van der Waals surface area contributed by atoms with E-state index in [1.807, 2.05) is 6.92 Å². The van der Waals surface area contributed by atoms with Gasteiger partial charge in [0.2, 0.25) is 5.91 Å². The maximum atomic E-state index is 11.1. The third-order valence-corrected chi connectivity index (χ3v) is 1.80. The van der Waals surface area contributed by atoms with Crippen LogP contribution >= 0.6 is 0 Å². The minimum Gasteiger partial charge on any atom is -0.355 e. The Bertz CT molecular complexity index is 134. The number of hydrogen-bond acceptors (Lipinski definition) is 2. The molecule has 0 bridgehead atoms. The van der Waals surface area contributed by atoms with Gasteiger partial charge in [0.1, 0.15) is 0 Å². The van der Waals surface area contributed by atoms with Crippen molar-refractivity contribution in [2.45, 2.75) is 39.7 Å². The van der Waals surface area contributed by atoms with Gasteiger partial charge in [0, 0.05) is 6.54 Å². The molecule has 0 aromatic carbocycles. The maximum absolute atomic E-state index is 11.1. The molecule has 0 aromatic rings. The molecule has 0 saturated carbocycles. The van der Waals surface area contributed by atoms with Crippen molar-refractivity contribution in [2.75, 3.05) is 6.54 Å². The molecule has 3 nitrogen and oxygen atoms in total. The smallest absolute Gasteiger partial charge is 0.236 e. The van der Waals surface area contributed by atoms with Gasteiger partial charge in [-0.25, -0.2) is 0 Å². The van der Waals surface area contributed by atoms with Gasteiger partial charge in [-0.3, -0.25) is 4.79 Å². The van der Waals surface area contributed by atoms with Crippen molar-refractivity contribution in [2.24, 2.45) is 11.7 Å². The lowest BCUT2D eigenvalue weighted by Gasteiger charge is -2.10. The molecule has 1 amide bonds. The fourth-order valence-corrected chi connectivity index (χ4v) is 0.801. The van der Waals surface area contributed by atoms with Gasteiger partial charge in [-0.1, -0.05) is 20.8 Å². The third kappa shape index (κ3) is 5.13. The summed E-state index contributed by atoms with van der Waals surface area (Å²) in [6, 6.07) is -0.336. The summed E-state index contributed by atoms with van der Waals surface area (Å²) in [7, 11) is 0. The van der Waals surface area contributed by atoms with E-state index in [0.717, 1.165) is 13.0 Å². The van der Waals surface area contributed by atoms with Crippen LogP contribution in [0.15, 0.2) is 0 Å². The Hall–Kier alpha value is -0.570. The van der Waals surface area contributed by atoms with Crippen molar-refractivity contribution in [3.8, 4) is 0 Å². The first kappa shape index (κ1) is 11.4. The van der Waals surface area contributed by atoms with Crippen LogP contribution in [-0.2, 0) is 4.79 Å². The Balaban J connectivity index is 3.44. The van der Waals surface area contributed by atoms with Crippen molar-refractivity contribution in [1.82, 2.24) is 5.32 Å². The molecule has 0 rings (SSSR count). The summed E-state index contributed by atoms with van der Waals surface area (Å²) in [6.07, 6.45) is 1.72. The maximum Gasteiger partial charge on any atom is 0.236 e. The Labute approximate surface area is 74.7 Å². The zero-order valence-electron chi connectivity index (χ0n) is 8.26. The Morgan fingerprint density at radius 2 is 2.08 bits per heavy atom. The quantitative estimate of drug-likeness (QED) is 0.647. The molecule has 0 aliphatic heterocycles. The molecule has 0 fully saturated rings. The Morgan fingerprint density at radius 3 is 2.50 bits per heavy atom. The minimum absolute atomic E-state index is 0.0295. The predicted molar refractivity (Wildman–Crippen MR) is 50.7 cm³/mol. The molecule has 0 aromatic heterocycles. The van der Waals surface area contributed by atoms with Gasteiger partial charge in [-0.05, 0) is 18.8 Å². The van der Waals surface area contributed by atoms with Crippen LogP contribution in [0.2, 0.25) is 0 Å². The van der Waals surface area contributed by atoms with Crippen LogP contribution in [0.25, 0.3) is 0 Å². The van der Waals surface area contributed by atoms with E-state index >= 15 is 0 Å². The van der Waals surface area contributed by atoms with Crippen molar-refractivity contribution in [1.29, 1.82) is 0 Å². The number of rotatable bonds is 5. The fourth-order valence-electron chi connectivity index (χ4n) is 0.801. The standard InChI is InChI=1S/C9H20N2O/c1-4-8(10)9(12)11-6-5-7(2)3/h7-8H,4-6,10H2,1-3H3,(H,11,12)/t8-/m1/s1. The summed E-state index contributed by atoms with van der Waals surface area (Å²) in [4.78, 5) is 11.1. The number of carbonyl (C=O) groups is 1. The summed E-state index contributed by atoms with van der Waals surface area (Å²) >= 11 is 0. The van der Waals surface area contributed by atoms with E-state index in [4.69, 9.17) is 5.73 Å². The lowest BCUT2D eigenvalue weighted by atomic mass is 10.1. The zero-order valence-corrected chi connectivity index (χ0v) is 8.26. The second-order valence-electron chi connectivity index (χ2n) is 3.49. The monoisotopic (exact) mass is 172 g/mol. The summed E-state index contributed by atoms with van der Waals surface area (Å²) in [5.41, 5.74) is 5.52. The largest absolute Gasteiger partial charge is 0.355 e. The lowest BCUT2D eigenvalue weighted by molar-refractivity contribution is -0.122. The minimum atomic E-state index is -0.336. The molecular weight excluding hydrogens is 152 g/mol. The van der Waals surface area contributed by atoms with Crippen LogP contribution < -0.4 is 11.1 Å². The topological polar surface area (TPSA) is 55.1 Å². The number of nitrogens with one attached hydrogen (secondary N) is 1. The van der Waals surface area contributed by atoms with E-state index in [0.29, 0.717) is 12.3 Å². The van der Waals surface area contributed by atoms with Crippen molar-refractivity contribution >= 4 is 5.91 Å². The predicted octanol–water partition coefficient (Wildman–Crippen LogP) is 0.886. The summed E-state index contributed by atoms with van der Waals surface area (Å²) in [5, 5.41) is 2.80. The molecule has 1 atom stereocenters. The van der Waals surface area contributed by atoms with Crippen molar-refractivity contribution in [3.05, 3.63) is 0 Å². The van der Waals surface area contributed by atoms with E-state index < -0.39 is 0 Å². The highest BCUT2D eigenvalue weighted by Crippen LogP contribution is 1.96. The van der Waals surface area contributed by atoms with E-state index in [1.54, 1.807) is 0 Å². The number of carbonyl (C=O) groups excluding carboxylic acids is 1. The molecule has 0 aliphatic rings. The van der Waals surface area contributed by atoms with Crippen LogP contribution in [-0.4, -0.2) is 18.5 Å². The summed E-state index contributed by atoms with van der Waals surface area (Å²) in [6.45, 7) is 6.91. The highest BCUT2D eigenvalue weighted by Gasteiger charge is 2.09. The van der Waals surface area contributed by atoms with Crippen LogP contribution in [0.5, 0.6) is 0 Å². The van der Waals surface area contributed by atoms with E-state index in [9.17, 15) is 4.79 Å². The molecule has 72 valence electrons. The molecule has 3 N–H and O–H groups in total. The summed E-state index contributed by atoms with van der Waals surface area (Å²) in [5.74, 6) is 0.598. The first-order valence-electron chi connectivity index (χ1n) is 4.61.